The largest absolute Gasteiger partial charge is 0.115 e. The van der Waals surface area contributed by atoms with Gasteiger partial charge >= 0.3 is 0 Å². The molecule has 0 saturated heterocycles. The molecule has 0 bridgehead atoms. The molecule has 22 heavy (non-hydrogen) atoms. The Bertz CT molecular complexity index is 687. The molecular formula is C22H28. The molecule has 0 aromatic carbocycles. The maximum Gasteiger partial charge on any atom is 0.0266 e. The average molecular weight is 292 g/mol. The van der Waals surface area contributed by atoms with E-state index in [1.54, 1.807) is 0 Å². The van der Waals surface area contributed by atoms with Crippen molar-refractivity contribution < 1.29 is 0 Å². The molecule has 2 rings (SSSR count). The first-order chi connectivity index (χ1) is 10.2. The van der Waals surface area contributed by atoms with Gasteiger partial charge in [-0.1, -0.05) is 42.4 Å². The van der Waals surface area contributed by atoms with Gasteiger partial charge in [-0.05, 0) is 64.2 Å². The zero-order chi connectivity index (χ0) is 17.2. The molecule has 0 heteroatoms. The van der Waals surface area contributed by atoms with Gasteiger partial charge in [-0.25, -0.2) is 0 Å². The van der Waals surface area contributed by atoms with Gasteiger partial charge in [-0.2, -0.15) is 0 Å². The molecule has 0 saturated carbocycles. The highest BCUT2D eigenvalue weighted by molar-refractivity contribution is 5.55. The lowest BCUT2D eigenvalue weighted by Gasteiger charge is -2.05. The summed E-state index contributed by atoms with van der Waals surface area (Å²) < 4.78 is 0. The second kappa shape index (κ2) is 6.89. The second-order valence-electron chi connectivity index (χ2n) is 6.44. The lowest BCUT2D eigenvalue weighted by Crippen LogP contribution is -1.94. The molecule has 0 spiro atoms. The van der Waals surface area contributed by atoms with Crippen LogP contribution in [-0.4, -0.2) is 0 Å². The Morgan fingerprint density at radius 1 is 0.636 bits per heavy atom. The predicted octanol–water partition coefficient (Wildman–Crippen LogP) is 5.84. The van der Waals surface area contributed by atoms with Crippen LogP contribution in [0.1, 0.15) is 55.4 Å². The molecule has 2 atom stereocenters. The molecule has 0 aromatic rings. The Labute approximate surface area is 137 Å². The molecule has 0 nitrogen and oxygen atoms in total. The van der Waals surface area contributed by atoms with Gasteiger partial charge in [0, 0.05) is 17.1 Å². The number of rotatable bonds is 0. The van der Waals surface area contributed by atoms with Gasteiger partial charge in [0.25, 0.3) is 0 Å². The number of hydrogen-bond donors (Lipinski definition) is 0. The first-order valence-corrected chi connectivity index (χ1v) is 7.89. The Morgan fingerprint density at radius 3 is 1.32 bits per heavy atom. The van der Waals surface area contributed by atoms with E-state index in [1.807, 2.05) is 0 Å². The van der Waals surface area contributed by atoms with Gasteiger partial charge < -0.3 is 0 Å². The van der Waals surface area contributed by atoms with Crippen LogP contribution in [0.4, 0.5) is 0 Å². The topological polar surface area (TPSA) is 0 Å². The van der Waals surface area contributed by atoms with Crippen LogP contribution in [0.25, 0.3) is 0 Å². The van der Waals surface area contributed by atoms with Crippen LogP contribution in [0, 0.1) is 36.5 Å². The summed E-state index contributed by atoms with van der Waals surface area (Å²) in [5.41, 5.74) is 10.5. The van der Waals surface area contributed by atoms with Crippen molar-refractivity contribution in [1.29, 1.82) is 0 Å². The molecular weight excluding hydrogens is 264 g/mol. The second-order valence-corrected chi connectivity index (χ2v) is 6.44. The molecule has 0 radical (unpaired) electrons. The van der Waals surface area contributed by atoms with Gasteiger partial charge in [-0.3, -0.25) is 0 Å². The Hall–Kier alpha value is -1.92. The van der Waals surface area contributed by atoms with Crippen LogP contribution >= 0.6 is 0 Å². The van der Waals surface area contributed by atoms with Gasteiger partial charge in [0.15, 0.2) is 0 Å². The summed E-state index contributed by atoms with van der Waals surface area (Å²) in [6.07, 6.45) is 10.8. The van der Waals surface area contributed by atoms with Crippen LogP contribution in [0.2, 0.25) is 0 Å². The van der Waals surface area contributed by atoms with Crippen LogP contribution in [0.15, 0.2) is 44.6 Å². The zero-order valence-corrected chi connectivity index (χ0v) is 15.3. The zero-order valence-electron chi connectivity index (χ0n) is 15.3. The minimum Gasteiger partial charge on any atom is -0.115 e. The van der Waals surface area contributed by atoms with Crippen molar-refractivity contribution in [2.45, 2.75) is 55.4 Å². The molecule has 0 fully saturated rings. The fourth-order valence-electron chi connectivity index (χ4n) is 3.18. The minimum atomic E-state index is 0.472. The summed E-state index contributed by atoms with van der Waals surface area (Å²) in [5.74, 6) is 6.54. The number of terminal acetylenes is 2. The van der Waals surface area contributed by atoms with Gasteiger partial charge in [-0.15, -0.1) is 12.8 Å². The first kappa shape index (κ1) is 18.1. The van der Waals surface area contributed by atoms with Crippen molar-refractivity contribution in [1.82, 2.24) is 0 Å². The fourth-order valence-corrected chi connectivity index (χ4v) is 3.18. The smallest absolute Gasteiger partial charge is 0.0266 e. The summed E-state index contributed by atoms with van der Waals surface area (Å²) in [6, 6.07) is 0. The van der Waals surface area contributed by atoms with Crippen molar-refractivity contribution in [3.05, 3.63) is 44.6 Å². The molecule has 0 aromatic heterocycles. The van der Waals surface area contributed by atoms with E-state index >= 15 is 0 Å². The summed E-state index contributed by atoms with van der Waals surface area (Å²) in [6.45, 7) is 17.2. The van der Waals surface area contributed by atoms with Crippen molar-refractivity contribution in [2.75, 3.05) is 0 Å². The molecule has 116 valence electrons. The third-order valence-corrected chi connectivity index (χ3v) is 5.60. The van der Waals surface area contributed by atoms with E-state index in [0.29, 0.717) is 11.8 Å². The molecule has 0 N–H and O–H groups in total. The SMILES string of the molecule is C#CC1=C(C)C(C)=C(C)C1C.C#CC1=C(C)C(C)C(C)=C1C. The van der Waals surface area contributed by atoms with E-state index in [0.717, 1.165) is 5.57 Å². The van der Waals surface area contributed by atoms with Gasteiger partial charge in [0.1, 0.15) is 0 Å². The lowest BCUT2D eigenvalue weighted by molar-refractivity contribution is 0.816. The lowest BCUT2D eigenvalue weighted by atomic mass is 9.99. The van der Waals surface area contributed by atoms with E-state index in [-0.39, 0.29) is 0 Å². The van der Waals surface area contributed by atoms with Crippen molar-refractivity contribution in [3.63, 3.8) is 0 Å². The Kier molecular flexibility index (Phi) is 5.68. The highest BCUT2D eigenvalue weighted by Gasteiger charge is 2.22. The molecule has 0 aliphatic heterocycles. The summed E-state index contributed by atoms with van der Waals surface area (Å²) >= 11 is 0. The minimum absolute atomic E-state index is 0.472. The van der Waals surface area contributed by atoms with Crippen LogP contribution in [0.3, 0.4) is 0 Å². The van der Waals surface area contributed by atoms with Crippen molar-refractivity contribution in [3.8, 4) is 24.7 Å². The van der Waals surface area contributed by atoms with E-state index in [2.05, 4.69) is 67.2 Å². The highest BCUT2D eigenvalue weighted by atomic mass is 14.3. The van der Waals surface area contributed by atoms with E-state index < -0.39 is 0 Å². The monoisotopic (exact) mass is 292 g/mol. The quantitative estimate of drug-likeness (QED) is 0.492. The third-order valence-electron chi connectivity index (χ3n) is 5.60. The highest BCUT2D eigenvalue weighted by Crippen LogP contribution is 2.36. The summed E-state index contributed by atoms with van der Waals surface area (Å²) in [4.78, 5) is 0. The van der Waals surface area contributed by atoms with Crippen LogP contribution < -0.4 is 0 Å². The normalized spacial score (nSPS) is 24.5. The van der Waals surface area contributed by atoms with Crippen molar-refractivity contribution in [2.24, 2.45) is 11.8 Å². The fraction of sp³-hybridized carbons (Fsp3) is 0.455. The Morgan fingerprint density at radius 2 is 1.14 bits per heavy atom. The van der Waals surface area contributed by atoms with E-state index in [9.17, 15) is 0 Å². The predicted molar refractivity (Wildman–Crippen MR) is 98.1 cm³/mol. The first-order valence-electron chi connectivity index (χ1n) is 7.89. The number of hydrogen-bond acceptors (Lipinski definition) is 0. The molecule has 2 aliphatic rings. The van der Waals surface area contributed by atoms with E-state index in [1.165, 1.54) is 39.0 Å². The van der Waals surface area contributed by atoms with Crippen molar-refractivity contribution >= 4 is 0 Å². The molecule has 0 amide bonds. The van der Waals surface area contributed by atoms with Crippen LogP contribution in [0.5, 0.6) is 0 Å². The standard InChI is InChI=1S/2C11H14/c2*1-6-11-9(4)7(2)8(3)10(11)5/h1,9H,2-5H3;1,7H,2-5H3. The summed E-state index contributed by atoms with van der Waals surface area (Å²) in [7, 11) is 0. The third kappa shape index (κ3) is 2.98. The maximum atomic E-state index is 5.40. The number of allylic oxidation sites excluding steroid dienone is 8. The Balaban J connectivity index is 0.000000220. The molecule has 0 heterocycles. The van der Waals surface area contributed by atoms with Gasteiger partial charge in [0.05, 0.1) is 0 Å². The maximum absolute atomic E-state index is 5.40. The van der Waals surface area contributed by atoms with Crippen LogP contribution in [-0.2, 0) is 0 Å². The van der Waals surface area contributed by atoms with E-state index in [4.69, 9.17) is 12.8 Å². The average Bonchev–Trinajstić information content (AvgIpc) is 2.81. The molecule has 2 aliphatic carbocycles. The summed E-state index contributed by atoms with van der Waals surface area (Å²) in [5, 5.41) is 0. The van der Waals surface area contributed by atoms with Gasteiger partial charge in [0.2, 0.25) is 0 Å². The molecule has 2 unspecified atom stereocenters.